The van der Waals surface area contributed by atoms with Crippen LogP contribution in [-0.4, -0.2) is 20.1 Å². The van der Waals surface area contributed by atoms with Crippen LogP contribution in [0.5, 0.6) is 5.75 Å². The fraction of sp³-hybridized carbons (Fsp3) is 0.250. The molecule has 0 aromatic heterocycles. The van der Waals surface area contributed by atoms with Crippen LogP contribution in [0, 0.1) is 6.92 Å². The van der Waals surface area contributed by atoms with E-state index >= 15 is 0 Å². The summed E-state index contributed by atoms with van der Waals surface area (Å²) < 4.78 is 35.5. The predicted octanol–water partition coefficient (Wildman–Crippen LogP) is 1.25. The molecular weight excluding hydrogens is 192 g/mol. The van der Waals surface area contributed by atoms with Crippen LogP contribution in [0.2, 0.25) is 0 Å². The van der Waals surface area contributed by atoms with Gasteiger partial charge in [-0.3, -0.25) is 4.55 Å². The third kappa shape index (κ3) is 1.99. The first kappa shape index (κ1) is 10.0. The van der Waals surface area contributed by atoms with E-state index in [1.807, 2.05) is 0 Å². The summed E-state index contributed by atoms with van der Waals surface area (Å²) in [7, 11) is -2.85. The molecule has 1 aromatic carbocycles. The highest BCUT2D eigenvalue weighted by atomic mass is 32.2. The highest BCUT2D eigenvalue weighted by Crippen LogP contribution is 2.26. The van der Waals surface area contributed by atoms with Gasteiger partial charge < -0.3 is 4.74 Å². The standard InChI is InChI=1S/C8H10O4S/c1-6-4-3-5-7(12-2)8(6)13(9,10)11/h3-5H,1-2H3,(H,9,10,11). The van der Waals surface area contributed by atoms with Crippen LogP contribution in [0.4, 0.5) is 0 Å². The SMILES string of the molecule is COc1cccc(C)c1S(=O)(=O)O. The summed E-state index contributed by atoms with van der Waals surface area (Å²) in [5, 5.41) is 0. The molecule has 1 aromatic rings. The maximum Gasteiger partial charge on any atom is 0.298 e. The van der Waals surface area contributed by atoms with Crippen molar-refractivity contribution in [3.8, 4) is 5.75 Å². The first-order valence-corrected chi connectivity index (χ1v) is 5.02. The molecule has 0 aliphatic carbocycles. The van der Waals surface area contributed by atoms with Gasteiger partial charge in [-0.25, -0.2) is 0 Å². The third-order valence-corrected chi connectivity index (χ3v) is 2.69. The average Bonchev–Trinajstić information content (AvgIpc) is 2.01. The second-order valence-electron chi connectivity index (χ2n) is 2.58. The van der Waals surface area contributed by atoms with Gasteiger partial charge >= 0.3 is 0 Å². The highest BCUT2D eigenvalue weighted by Gasteiger charge is 2.18. The average molecular weight is 202 g/mol. The summed E-state index contributed by atoms with van der Waals surface area (Å²) in [5.41, 5.74) is 0.460. The van der Waals surface area contributed by atoms with E-state index in [1.165, 1.54) is 13.2 Å². The molecule has 5 heteroatoms. The summed E-state index contributed by atoms with van der Waals surface area (Å²) >= 11 is 0. The van der Waals surface area contributed by atoms with E-state index in [2.05, 4.69) is 0 Å². The fourth-order valence-corrected chi connectivity index (χ4v) is 2.00. The van der Waals surface area contributed by atoms with Gasteiger partial charge in [-0.05, 0) is 18.6 Å². The smallest absolute Gasteiger partial charge is 0.298 e. The number of rotatable bonds is 2. The predicted molar refractivity (Wildman–Crippen MR) is 47.5 cm³/mol. The first-order valence-electron chi connectivity index (χ1n) is 3.58. The van der Waals surface area contributed by atoms with Gasteiger partial charge in [-0.2, -0.15) is 8.42 Å². The maximum absolute atomic E-state index is 10.9. The van der Waals surface area contributed by atoms with Crippen LogP contribution in [0.3, 0.4) is 0 Å². The first-order chi connectivity index (χ1) is 5.96. The zero-order valence-corrected chi connectivity index (χ0v) is 8.13. The Morgan fingerprint density at radius 2 is 2.00 bits per heavy atom. The van der Waals surface area contributed by atoms with Gasteiger partial charge in [0.25, 0.3) is 10.1 Å². The quantitative estimate of drug-likeness (QED) is 0.733. The summed E-state index contributed by atoms with van der Waals surface area (Å²) in [6.07, 6.45) is 0. The molecule has 72 valence electrons. The van der Waals surface area contributed by atoms with Crippen LogP contribution < -0.4 is 4.74 Å². The van der Waals surface area contributed by atoms with E-state index in [0.717, 1.165) is 0 Å². The zero-order chi connectivity index (χ0) is 10.1. The maximum atomic E-state index is 10.9. The second kappa shape index (κ2) is 3.35. The fourth-order valence-electron chi connectivity index (χ4n) is 1.12. The van der Waals surface area contributed by atoms with Crippen molar-refractivity contribution in [2.24, 2.45) is 0 Å². The van der Waals surface area contributed by atoms with Crippen LogP contribution >= 0.6 is 0 Å². The molecule has 13 heavy (non-hydrogen) atoms. The molecule has 0 radical (unpaired) electrons. The number of hydrogen-bond acceptors (Lipinski definition) is 3. The molecule has 0 aliphatic heterocycles. The van der Waals surface area contributed by atoms with Crippen molar-refractivity contribution in [2.45, 2.75) is 11.8 Å². The van der Waals surface area contributed by atoms with Gasteiger partial charge in [-0.15, -0.1) is 0 Å². The van der Waals surface area contributed by atoms with E-state index in [-0.39, 0.29) is 10.6 Å². The molecule has 4 nitrogen and oxygen atoms in total. The van der Waals surface area contributed by atoms with Crippen molar-refractivity contribution in [2.75, 3.05) is 7.11 Å². The minimum atomic E-state index is -4.20. The van der Waals surface area contributed by atoms with E-state index in [4.69, 9.17) is 9.29 Å². The van der Waals surface area contributed by atoms with Crippen molar-refractivity contribution in [1.29, 1.82) is 0 Å². The molecule has 0 aliphatic rings. The molecular formula is C8H10O4S. The molecule has 0 amide bonds. The summed E-state index contributed by atoms with van der Waals surface area (Å²) in [6, 6.07) is 4.73. The summed E-state index contributed by atoms with van der Waals surface area (Å²) in [4.78, 5) is -0.169. The van der Waals surface area contributed by atoms with Crippen molar-refractivity contribution in [1.82, 2.24) is 0 Å². The number of ether oxygens (including phenoxy) is 1. The van der Waals surface area contributed by atoms with Gasteiger partial charge in [0.2, 0.25) is 0 Å². The Hall–Kier alpha value is -1.07. The molecule has 0 unspecified atom stereocenters. The van der Waals surface area contributed by atoms with Gasteiger partial charge in [0.15, 0.2) is 0 Å². The lowest BCUT2D eigenvalue weighted by Gasteiger charge is -2.07. The van der Waals surface area contributed by atoms with Gasteiger partial charge in [0.05, 0.1) is 7.11 Å². The van der Waals surface area contributed by atoms with Crippen LogP contribution in [0.1, 0.15) is 5.56 Å². The molecule has 0 saturated carbocycles. The third-order valence-electron chi connectivity index (χ3n) is 1.65. The molecule has 0 atom stereocenters. The molecule has 0 heterocycles. The van der Waals surface area contributed by atoms with Crippen molar-refractivity contribution < 1.29 is 17.7 Å². The Kier molecular flexibility index (Phi) is 2.58. The van der Waals surface area contributed by atoms with Crippen molar-refractivity contribution in [3.63, 3.8) is 0 Å². The summed E-state index contributed by atoms with van der Waals surface area (Å²) in [5.74, 6) is 0.155. The molecule has 1 rings (SSSR count). The number of benzene rings is 1. The second-order valence-corrected chi connectivity index (χ2v) is 3.94. The lowest BCUT2D eigenvalue weighted by atomic mass is 10.2. The Balaban J connectivity index is 3.50. The Morgan fingerprint density at radius 1 is 1.38 bits per heavy atom. The molecule has 0 spiro atoms. The van der Waals surface area contributed by atoms with Crippen LogP contribution in [0.15, 0.2) is 23.1 Å². The Labute approximate surface area is 76.9 Å². The number of hydrogen-bond donors (Lipinski definition) is 1. The van der Waals surface area contributed by atoms with Crippen LogP contribution in [0.25, 0.3) is 0 Å². The van der Waals surface area contributed by atoms with E-state index < -0.39 is 10.1 Å². The van der Waals surface area contributed by atoms with Gasteiger partial charge in [0.1, 0.15) is 10.6 Å². The van der Waals surface area contributed by atoms with E-state index in [0.29, 0.717) is 5.56 Å². The van der Waals surface area contributed by atoms with E-state index in [1.54, 1.807) is 19.1 Å². The van der Waals surface area contributed by atoms with Gasteiger partial charge in [-0.1, -0.05) is 12.1 Å². The number of aryl methyl sites for hydroxylation is 1. The molecule has 1 N–H and O–H groups in total. The molecule has 0 bridgehead atoms. The highest BCUT2D eigenvalue weighted by molar-refractivity contribution is 7.86. The summed E-state index contributed by atoms with van der Waals surface area (Å²) in [6.45, 7) is 1.59. The van der Waals surface area contributed by atoms with Crippen molar-refractivity contribution in [3.05, 3.63) is 23.8 Å². The number of methoxy groups -OCH3 is 1. The Bertz CT molecular complexity index is 408. The molecule has 0 fully saturated rings. The monoisotopic (exact) mass is 202 g/mol. The topological polar surface area (TPSA) is 63.6 Å². The lowest BCUT2D eigenvalue weighted by molar-refractivity contribution is 0.396. The van der Waals surface area contributed by atoms with Crippen LogP contribution in [-0.2, 0) is 10.1 Å². The zero-order valence-electron chi connectivity index (χ0n) is 7.31. The van der Waals surface area contributed by atoms with Gasteiger partial charge in [0, 0.05) is 0 Å². The minimum Gasteiger partial charge on any atom is -0.495 e. The lowest BCUT2D eigenvalue weighted by Crippen LogP contribution is -2.03. The largest absolute Gasteiger partial charge is 0.495 e. The van der Waals surface area contributed by atoms with Crippen molar-refractivity contribution >= 4 is 10.1 Å². The molecule has 0 saturated heterocycles. The minimum absolute atomic E-state index is 0.155. The van der Waals surface area contributed by atoms with E-state index in [9.17, 15) is 8.42 Å². The normalized spacial score (nSPS) is 11.3. The Morgan fingerprint density at radius 3 is 2.38 bits per heavy atom.